The number of aryl methyl sites for hydroxylation is 2. The van der Waals surface area contributed by atoms with Crippen LogP contribution in [-0.4, -0.2) is 35.1 Å². The van der Waals surface area contributed by atoms with Crippen molar-refractivity contribution in [3.8, 4) is 11.5 Å². The van der Waals surface area contributed by atoms with Gasteiger partial charge >= 0.3 is 0 Å². The summed E-state index contributed by atoms with van der Waals surface area (Å²) >= 11 is 0. The van der Waals surface area contributed by atoms with E-state index in [0.717, 1.165) is 0 Å². The Morgan fingerprint density at radius 3 is 2.83 bits per heavy atom. The molecule has 1 aromatic carbocycles. The quantitative estimate of drug-likeness (QED) is 0.869. The van der Waals surface area contributed by atoms with Crippen molar-refractivity contribution >= 4 is 5.91 Å². The third-order valence-electron chi connectivity index (χ3n) is 3.77. The Bertz CT molecular complexity index is 816. The number of fused-ring (bicyclic) bond motifs is 1. The first-order valence-corrected chi connectivity index (χ1v) is 7.74. The van der Waals surface area contributed by atoms with Crippen molar-refractivity contribution in [3.05, 3.63) is 51.7 Å². The molecule has 1 aromatic heterocycles. The van der Waals surface area contributed by atoms with Gasteiger partial charge in [0, 0.05) is 11.3 Å². The minimum absolute atomic E-state index is 0.0153. The lowest BCUT2D eigenvalue weighted by Gasteiger charge is -2.26. The predicted molar refractivity (Wildman–Crippen MR) is 87.4 cm³/mol. The normalized spacial score (nSPS) is 15.8. The summed E-state index contributed by atoms with van der Waals surface area (Å²) in [5.74, 6) is 1.65. The van der Waals surface area contributed by atoms with Crippen LogP contribution in [0.3, 0.4) is 0 Å². The average molecular weight is 329 g/mol. The number of hydrogen-bond acceptors (Lipinski definition) is 5. The molecule has 0 radical (unpaired) electrons. The van der Waals surface area contributed by atoms with Crippen LogP contribution in [0.5, 0.6) is 11.5 Å². The first-order chi connectivity index (χ1) is 11.5. The van der Waals surface area contributed by atoms with Crippen LogP contribution in [0, 0.1) is 13.8 Å². The summed E-state index contributed by atoms with van der Waals surface area (Å²) in [6, 6.07) is 7.40. The number of carbonyl (C=O) groups is 1. The summed E-state index contributed by atoms with van der Waals surface area (Å²) in [7, 11) is 0. The number of carbonyl (C=O) groups excluding carboxylic acids is 1. The van der Waals surface area contributed by atoms with Gasteiger partial charge in [0.15, 0.2) is 11.5 Å². The molecule has 1 amide bonds. The Morgan fingerprint density at radius 2 is 2.08 bits per heavy atom. The summed E-state index contributed by atoms with van der Waals surface area (Å²) in [6.45, 7) is 4.10. The molecule has 7 heteroatoms. The van der Waals surface area contributed by atoms with Gasteiger partial charge in [-0.15, -0.1) is 0 Å². The van der Waals surface area contributed by atoms with Gasteiger partial charge in [-0.2, -0.15) is 0 Å². The second kappa shape index (κ2) is 6.74. The molecule has 1 aliphatic heterocycles. The van der Waals surface area contributed by atoms with Crippen molar-refractivity contribution in [2.24, 2.45) is 0 Å². The van der Waals surface area contributed by atoms with E-state index in [1.54, 1.807) is 13.8 Å². The molecule has 0 unspecified atom stereocenters. The fourth-order valence-electron chi connectivity index (χ4n) is 2.57. The Kier molecular flexibility index (Phi) is 4.50. The SMILES string of the molecule is Cc1nc(C)c(CC(=O)NC[C@@H]2COc3ccccc3O2)c(=O)[nH]1. The summed E-state index contributed by atoms with van der Waals surface area (Å²) < 4.78 is 11.4. The van der Waals surface area contributed by atoms with E-state index in [1.807, 2.05) is 24.3 Å². The molecule has 0 bridgehead atoms. The fraction of sp³-hybridized carbons (Fsp3) is 0.353. The molecule has 2 heterocycles. The molecule has 0 saturated carbocycles. The number of amides is 1. The maximum absolute atomic E-state index is 12.1. The van der Waals surface area contributed by atoms with E-state index < -0.39 is 0 Å². The number of benzene rings is 1. The van der Waals surface area contributed by atoms with Gasteiger partial charge in [-0.3, -0.25) is 9.59 Å². The van der Waals surface area contributed by atoms with Crippen LogP contribution >= 0.6 is 0 Å². The third-order valence-corrected chi connectivity index (χ3v) is 3.77. The molecule has 126 valence electrons. The van der Waals surface area contributed by atoms with Gasteiger partial charge in [-0.05, 0) is 26.0 Å². The first kappa shape index (κ1) is 16.0. The lowest BCUT2D eigenvalue weighted by atomic mass is 10.1. The highest BCUT2D eigenvalue weighted by atomic mass is 16.6. The standard InChI is InChI=1S/C17H19N3O4/c1-10-13(17(22)20-11(2)19-10)7-16(21)18-8-12-9-23-14-5-3-4-6-15(14)24-12/h3-6,12H,7-9H2,1-2H3,(H,18,21)(H,19,20,22)/t12-/m1/s1. The number of para-hydroxylation sites is 2. The van der Waals surface area contributed by atoms with Crippen LogP contribution in [0.25, 0.3) is 0 Å². The molecule has 1 atom stereocenters. The highest BCUT2D eigenvalue weighted by Gasteiger charge is 2.21. The van der Waals surface area contributed by atoms with Crippen LogP contribution in [0.4, 0.5) is 0 Å². The van der Waals surface area contributed by atoms with Gasteiger partial charge in [-0.25, -0.2) is 4.98 Å². The molecule has 7 nitrogen and oxygen atoms in total. The van der Waals surface area contributed by atoms with Crippen LogP contribution in [0.15, 0.2) is 29.1 Å². The molecular formula is C17H19N3O4. The molecule has 0 fully saturated rings. The molecule has 24 heavy (non-hydrogen) atoms. The zero-order valence-electron chi connectivity index (χ0n) is 13.6. The lowest BCUT2D eigenvalue weighted by Crippen LogP contribution is -2.41. The average Bonchev–Trinajstić information content (AvgIpc) is 2.56. The molecule has 0 saturated heterocycles. The van der Waals surface area contributed by atoms with Crippen molar-refractivity contribution in [1.29, 1.82) is 0 Å². The van der Waals surface area contributed by atoms with Crippen molar-refractivity contribution in [3.63, 3.8) is 0 Å². The van der Waals surface area contributed by atoms with Crippen LogP contribution in [0.2, 0.25) is 0 Å². The van der Waals surface area contributed by atoms with E-state index in [0.29, 0.717) is 41.7 Å². The molecule has 0 spiro atoms. The van der Waals surface area contributed by atoms with Gasteiger partial charge in [-0.1, -0.05) is 12.1 Å². The van der Waals surface area contributed by atoms with Crippen molar-refractivity contribution in [2.75, 3.05) is 13.2 Å². The Balaban J connectivity index is 1.56. The van der Waals surface area contributed by atoms with Crippen LogP contribution < -0.4 is 20.3 Å². The molecule has 2 aromatic rings. The van der Waals surface area contributed by atoms with Gasteiger partial charge < -0.3 is 19.8 Å². The second-order valence-corrected chi connectivity index (χ2v) is 5.69. The number of aromatic nitrogens is 2. The van der Waals surface area contributed by atoms with E-state index >= 15 is 0 Å². The fourth-order valence-corrected chi connectivity index (χ4v) is 2.57. The number of nitrogens with zero attached hydrogens (tertiary/aromatic N) is 1. The Hall–Kier alpha value is -2.83. The summed E-state index contributed by atoms with van der Waals surface area (Å²) in [5.41, 5.74) is 0.670. The maximum Gasteiger partial charge on any atom is 0.254 e. The van der Waals surface area contributed by atoms with Gasteiger partial charge in [0.05, 0.1) is 13.0 Å². The number of H-pyrrole nitrogens is 1. The van der Waals surface area contributed by atoms with E-state index in [9.17, 15) is 9.59 Å². The topological polar surface area (TPSA) is 93.3 Å². The van der Waals surface area contributed by atoms with Crippen molar-refractivity contribution in [1.82, 2.24) is 15.3 Å². The smallest absolute Gasteiger partial charge is 0.254 e. The summed E-state index contributed by atoms with van der Waals surface area (Å²) in [6.07, 6.45) is -0.280. The van der Waals surface area contributed by atoms with Crippen LogP contribution in [0.1, 0.15) is 17.1 Å². The number of rotatable bonds is 4. The van der Waals surface area contributed by atoms with E-state index in [1.165, 1.54) is 0 Å². The molecule has 2 N–H and O–H groups in total. The van der Waals surface area contributed by atoms with E-state index in [2.05, 4.69) is 15.3 Å². The monoisotopic (exact) mass is 329 g/mol. The summed E-state index contributed by atoms with van der Waals surface area (Å²) in [5, 5.41) is 2.78. The lowest BCUT2D eigenvalue weighted by molar-refractivity contribution is -0.121. The van der Waals surface area contributed by atoms with E-state index in [4.69, 9.17) is 9.47 Å². The molecule has 3 rings (SSSR count). The number of aromatic amines is 1. The number of nitrogens with one attached hydrogen (secondary N) is 2. The van der Waals surface area contributed by atoms with Crippen molar-refractivity contribution < 1.29 is 14.3 Å². The van der Waals surface area contributed by atoms with E-state index in [-0.39, 0.29) is 24.0 Å². The highest BCUT2D eigenvalue weighted by Crippen LogP contribution is 2.30. The predicted octanol–water partition coefficient (Wildman–Crippen LogP) is 0.885. The maximum atomic E-state index is 12.1. The Labute approximate surface area is 139 Å². The third kappa shape index (κ3) is 3.56. The molecule has 1 aliphatic rings. The largest absolute Gasteiger partial charge is 0.486 e. The van der Waals surface area contributed by atoms with Gasteiger partial charge in [0.2, 0.25) is 5.91 Å². The van der Waals surface area contributed by atoms with Crippen molar-refractivity contribution in [2.45, 2.75) is 26.4 Å². The zero-order valence-corrected chi connectivity index (χ0v) is 13.6. The highest BCUT2D eigenvalue weighted by molar-refractivity contribution is 5.78. The first-order valence-electron chi connectivity index (χ1n) is 7.74. The minimum atomic E-state index is -0.277. The minimum Gasteiger partial charge on any atom is -0.486 e. The van der Waals surface area contributed by atoms with Gasteiger partial charge in [0.25, 0.3) is 5.56 Å². The Morgan fingerprint density at radius 1 is 1.33 bits per heavy atom. The number of ether oxygens (including phenoxy) is 2. The molecular weight excluding hydrogens is 310 g/mol. The number of hydrogen-bond donors (Lipinski definition) is 2. The second-order valence-electron chi connectivity index (χ2n) is 5.69. The van der Waals surface area contributed by atoms with Gasteiger partial charge in [0.1, 0.15) is 18.5 Å². The zero-order chi connectivity index (χ0) is 17.1. The molecule has 0 aliphatic carbocycles. The summed E-state index contributed by atoms with van der Waals surface area (Å²) in [4.78, 5) is 30.8. The van der Waals surface area contributed by atoms with Crippen LogP contribution in [-0.2, 0) is 11.2 Å².